The van der Waals surface area contributed by atoms with Gasteiger partial charge in [-0.05, 0) is 77.9 Å². The maximum atomic E-state index is 12.5. The van der Waals surface area contributed by atoms with Crippen LogP contribution >= 0.6 is 22.6 Å². The highest BCUT2D eigenvalue weighted by atomic mass is 127. The van der Waals surface area contributed by atoms with Gasteiger partial charge in [0.1, 0.15) is 0 Å². The van der Waals surface area contributed by atoms with E-state index < -0.39 is 10.0 Å². The Morgan fingerprint density at radius 3 is 2.39 bits per heavy atom. The van der Waals surface area contributed by atoms with Gasteiger partial charge in [0.25, 0.3) is 5.91 Å². The molecule has 0 heterocycles. The summed E-state index contributed by atoms with van der Waals surface area (Å²) in [6.45, 7) is 3.63. The van der Waals surface area contributed by atoms with Gasteiger partial charge < -0.3 is 5.32 Å². The summed E-state index contributed by atoms with van der Waals surface area (Å²) in [5, 5.41) is 2.87. The van der Waals surface area contributed by atoms with Gasteiger partial charge in [-0.15, -0.1) is 0 Å². The van der Waals surface area contributed by atoms with Gasteiger partial charge in [-0.1, -0.05) is 6.07 Å². The summed E-state index contributed by atoms with van der Waals surface area (Å²) in [6.07, 6.45) is 1.08. The van der Waals surface area contributed by atoms with Crippen LogP contribution < -0.4 is 10.0 Å². The highest BCUT2D eigenvalue weighted by Crippen LogP contribution is 2.23. The third-order valence-corrected chi connectivity index (χ3v) is 4.57. The maximum absolute atomic E-state index is 12.5. The third-order valence-electron chi connectivity index (χ3n) is 3.31. The van der Waals surface area contributed by atoms with E-state index in [2.05, 4.69) is 32.6 Å². The number of anilines is 2. The molecule has 0 aliphatic rings. The molecule has 2 rings (SSSR count). The molecule has 0 radical (unpaired) electrons. The van der Waals surface area contributed by atoms with Crippen LogP contribution in [0.25, 0.3) is 0 Å². The number of hydrogen-bond acceptors (Lipinski definition) is 3. The zero-order valence-corrected chi connectivity index (χ0v) is 15.9. The van der Waals surface area contributed by atoms with Crippen molar-refractivity contribution in [2.75, 3.05) is 16.3 Å². The Labute approximate surface area is 149 Å². The fourth-order valence-electron chi connectivity index (χ4n) is 2.15. The van der Waals surface area contributed by atoms with Gasteiger partial charge in [0.05, 0.1) is 11.9 Å². The molecule has 1 amide bonds. The van der Waals surface area contributed by atoms with E-state index in [1.807, 2.05) is 25.1 Å². The molecule has 0 saturated heterocycles. The van der Waals surface area contributed by atoms with Crippen molar-refractivity contribution < 1.29 is 13.2 Å². The van der Waals surface area contributed by atoms with E-state index in [0.717, 1.165) is 21.1 Å². The summed E-state index contributed by atoms with van der Waals surface area (Å²) < 4.78 is 26.3. The second-order valence-corrected chi connectivity index (χ2v) is 8.26. The Morgan fingerprint density at radius 1 is 1.09 bits per heavy atom. The van der Waals surface area contributed by atoms with Crippen LogP contribution in [0, 0.1) is 17.4 Å². The van der Waals surface area contributed by atoms with Crippen molar-refractivity contribution in [3.05, 3.63) is 56.7 Å². The van der Waals surface area contributed by atoms with E-state index in [0.29, 0.717) is 16.8 Å². The lowest BCUT2D eigenvalue weighted by Crippen LogP contribution is -2.16. The van der Waals surface area contributed by atoms with Gasteiger partial charge in [-0.25, -0.2) is 8.42 Å². The highest BCUT2D eigenvalue weighted by molar-refractivity contribution is 14.1. The molecule has 0 fully saturated rings. The van der Waals surface area contributed by atoms with Crippen molar-refractivity contribution in [1.82, 2.24) is 0 Å². The maximum Gasteiger partial charge on any atom is 0.256 e. The zero-order chi connectivity index (χ0) is 17.2. The Balaban J connectivity index is 2.31. The molecule has 7 heteroatoms. The number of halogens is 1. The Hall–Kier alpha value is -1.61. The molecule has 0 aliphatic heterocycles. The number of rotatable bonds is 4. The minimum absolute atomic E-state index is 0.274. The molecule has 2 aromatic carbocycles. The normalized spacial score (nSPS) is 11.1. The average molecular weight is 444 g/mol. The molecule has 2 N–H and O–H groups in total. The van der Waals surface area contributed by atoms with Gasteiger partial charge >= 0.3 is 0 Å². The van der Waals surface area contributed by atoms with Crippen molar-refractivity contribution in [2.45, 2.75) is 13.8 Å². The highest BCUT2D eigenvalue weighted by Gasteiger charge is 2.14. The van der Waals surface area contributed by atoms with E-state index in [1.54, 1.807) is 25.1 Å². The van der Waals surface area contributed by atoms with Crippen LogP contribution in [0.1, 0.15) is 21.5 Å². The molecule has 0 aliphatic carbocycles. The molecular formula is C16H17IN2O3S. The third kappa shape index (κ3) is 4.68. The van der Waals surface area contributed by atoms with Crippen molar-refractivity contribution in [1.29, 1.82) is 0 Å². The van der Waals surface area contributed by atoms with E-state index in [9.17, 15) is 13.2 Å². The van der Waals surface area contributed by atoms with Crippen molar-refractivity contribution in [3.8, 4) is 0 Å². The Bertz CT molecular complexity index is 864. The number of nitrogens with one attached hydrogen (secondary N) is 2. The lowest BCUT2D eigenvalue weighted by molar-refractivity contribution is 0.102. The van der Waals surface area contributed by atoms with Gasteiger partial charge in [-0.2, -0.15) is 0 Å². The van der Waals surface area contributed by atoms with Crippen molar-refractivity contribution in [2.24, 2.45) is 0 Å². The van der Waals surface area contributed by atoms with E-state index in [-0.39, 0.29) is 5.91 Å². The van der Waals surface area contributed by atoms with Crippen LogP contribution in [-0.2, 0) is 10.0 Å². The summed E-state index contributed by atoms with van der Waals surface area (Å²) in [5.74, 6) is -0.274. The van der Waals surface area contributed by atoms with Gasteiger partial charge in [-0.3, -0.25) is 9.52 Å². The van der Waals surface area contributed by atoms with Crippen LogP contribution in [0.5, 0.6) is 0 Å². The van der Waals surface area contributed by atoms with Crippen LogP contribution in [0.2, 0.25) is 0 Å². The number of aryl methyl sites for hydroxylation is 1. The number of sulfonamides is 1. The average Bonchev–Trinajstić information content (AvgIpc) is 2.42. The summed E-state index contributed by atoms with van der Waals surface area (Å²) in [6, 6.07) is 10.7. The molecule has 5 nitrogen and oxygen atoms in total. The molecule has 0 unspecified atom stereocenters. The molecule has 2 aromatic rings. The first kappa shape index (κ1) is 17.7. The smallest absolute Gasteiger partial charge is 0.256 e. The van der Waals surface area contributed by atoms with Gasteiger partial charge in [0.2, 0.25) is 10.0 Å². The van der Waals surface area contributed by atoms with Crippen molar-refractivity contribution in [3.63, 3.8) is 0 Å². The van der Waals surface area contributed by atoms with Crippen LogP contribution in [-0.4, -0.2) is 20.6 Å². The first-order valence-corrected chi connectivity index (χ1v) is 9.79. The Morgan fingerprint density at radius 2 is 1.78 bits per heavy atom. The lowest BCUT2D eigenvalue weighted by atomic mass is 10.1. The molecule has 0 atom stereocenters. The van der Waals surface area contributed by atoms with Gasteiger partial charge in [0.15, 0.2) is 0 Å². The molecule has 23 heavy (non-hydrogen) atoms. The monoisotopic (exact) mass is 444 g/mol. The second kappa shape index (κ2) is 6.88. The zero-order valence-electron chi connectivity index (χ0n) is 13.0. The molecule has 0 bridgehead atoms. The van der Waals surface area contributed by atoms with E-state index in [4.69, 9.17) is 0 Å². The summed E-state index contributed by atoms with van der Waals surface area (Å²) in [7, 11) is -3.40. The standard InChI is InChI=1S/C16H17IN2O3S/c1-10-9-12(17)7-8-14(10)18-16(20)13-5-4-6-15(11(13)2)19-23(3,21)22/h4-9,19H,1-3H3,(H,18,20). The molecular weight excluding hydrogens is 427 g/mol. The predicted octanol–water partition coefficient (Wildman–Crippen LogP) is 3.53. The summed E-state index contributed by atoms with van der Waals surface area (Å²) in [4.78, 5) is 12.5. The second-order valence-electron chi connectivity index (χ2n) is 5.27. The lowest BCUT2D eigenvalue weighted by Gasteiger charge is -2.13. The first-order chi connectivity index (χ1) is 10.7. The van der Waals surface area contributed by atoms with Crippen LogP contribution in [0.15, 0.2) is 36.4 Å². The molecule has 0 spiro atoms. The summed E-state index contributed by atoms with van der Waals surface area (Å²) in [5.41, 5.74) is 3.11. The van der Waals surface area contributed by atoms with Crippen LogP contribution in [0.4, 0.5) is 11.4 Å². The number of carbonyl (C=O) groups is 1. The largest absolute Gasteiger partial charge is 0.322 e. The predicted molar refractivity (Wildman–Crippen MR) is 101 cm³/mol. The minimum Gasteiger partial charge on any atom is -0.322 e. The Kier molecular flexibility index (Phi) is 5.30. The van der Waals surface area contributed by atoms with Crippen LogP contribution in [0.3, 0.4) is 0 Å². The fourth-order valence-corrected chi connectivity index (χ4v) is 3.42. The number of benzene rings is 2. The molecule has 0 saturated carbocycles. The fraction of sp³-hybridized carbons (Fsp3) is 0.188. The van der Waals surface area contributed by atoms with E-state index in [1.165, 1.54) is 0 Å². The quantitative estimate of drug-likeness (QED) is 0.709. The van der Waals surface area contributed by atoms with Crippen molar-refractivity contribution >= 4 is 49.9 Å². The van der Waals surface area contributed by atoms with E-state index >= 15 is 0 Å². The first-order valence-electron chi connectivity index (χ1n) is 6.82. The van der Waals surface area contributed by atoms with Gasteiger partial charge in [0, 0.05) is 14.8 Å². The topological polar surface area (TPSA) is 75.3 Å². The summed E-state index contributed by atoms with van der Waals surface area (Å²) >= 11 is 2.21. The molecule has 0 aromatic heterocycles. The molecule has 122 valence electrons. The SMILES string of the molecule is Cc1cc(I)ccc1NC(=O)c1cccc(NS(C)(=O)=O)c1C. The number of carbonyl (C=O) groups excluding carboxylic acids is 1. The number of hydrogen-bond donors (Lipinski definition) is 2. The minimum atomic E-state index is -3.40. The number of amides is 1.